The molecule has 0 saturated carbocycles. The van der Waals surface area contributed by atoms with Crippen LogP contribution in [0.15, 0.2) is 12.1 Å². The minimum atomic E-state index is -0.605. The predicted molar refractivity (Wildman–Crippen MR) is 81.6 cm³/mol. The van der Waals surface area contributed by atoms with Gasteiger partial charge in [-0.25, -0.2) is 9.59 Å². The molecule has 124 valence electrons. The fourth-order valence-electron chi connectivity index (χ4n) is 2.57. The number of hydrogen-bond donors (Lipinski definition) is 0. The second-order valence-electron chi connectivity index (χ2n) is 4.97. The van der Waals surface area contributed by atoms with E-state index in [-0.39, 0.29) is 5.91 Å². The van der Waals surface area contributed by atoms with E-state index in [4.69, 9.17) is 18.9 Å². The Morgan fingerprint density at radius 3 is 2.22 bits per heavy atom. The van der Waals surface area contributed by atoms with Gasteiger partial charge in [0.2, 0.25) is 5.75 Å². The molecule has 2 rings (SSSR count). The lowest BCUT2D eigenvalue weighted by atomic mass is 10.2. The molecule has 7 heteroatoms. The van der Waals surface area contributed by atoms with Crippen molar-refractivity contribution in [2.75, 3.05) is 28.4 Å². The molecule has 1 aliphatic heterocycles. The number of methoxy groups -OCH3 is 4. The molecule has 7 nitrogen and oxygen atoms in total. The van der Waals surface area contributed by atoms with E-state index in [9.17, 15) is 9.59 Å². The number of esters is 1. The van der Waals surface area contributed by atoms with Crippen molar-refractivity contribution < 1.29 is 33.1 Å². The maximum atomic E-state index is 12.0. The minimum absolute atomic E-state index is 0.130. The molecule has 1 amide bonds. The highest BCUT2D eigenvalue weighted by atomic mass is 16.5. The van der Waals surface area contributed by atoms with Gasteiger partial charge in [0.25, 0.3) is 6.04 Å². The largest absolute Gasteiger partial charge is 0.493 e. The second kappa shape index (κ2) is 7.13. The van der Waals surface area contributed by atoms with E-state index >= 15 is 0 Å². The molecule has 0 unspecified atom stereocenters. The fraction of sp³-hybridized carbons (Fsp3) is 0.438. The fourth-order valence-corrected chi connectivity index (χ4v) is 2.57. The number of hydrogen-bond acceptors (Lipinski definition) is 6. The van der Waals surface area contributed by atoms with E-state index in [1.54, 1.807) is 18.3 Å². The van der Waals surface area contributed by atoms with Crippen LogP contribution < -0.4 is 14.2 Å². The maximum Gasteiger partial charge on any atom is 0.387 e. The van der Waals surface area contributed by atoms with Gasteiger partial charge < -0.3 is 18.9 Å². The van der Waals surface area contributed by atoms with E-state index in [1.807, 2.05) is 0 Å². The van der Waals surface area contributed by atoms with Crippen molar-refractivity contribution in [1.29, 1.82) is 0 Å². The smallest absolute Gasteiger partial charge is 0.387 e. The van der Waals surface area contributed by atoms with Crippen LogP contribution in [0.1, 0.15) is 18.4 Å². The zero-order valence-electron chi connectivity index (χ0n) is 13.6. The van der Waals surface area contributed by atoms with Crippen LogP contribution in [0.2, 0.25) is 0 Å². The zero-order chi connectivity index (χ0) is 17.0. The molecule has 1 aliphatic rings. The van der Waals surface area contributed by atoms with Crippen molar-refractivity contribution in [1.82, 2.24) is 0 Å². The molecule has 0 aliphatic carbocycles. The normalized spacial score (nSPS) is 18.9. The van der Waals surface area contributed by atoms with Crippen LogP contribution in [-0.4, -0.2) is 57.1 Å². The van der Waals surface area contributed by atoms with Crippen molar-refractivity contribution in [3.8, 4) is 17.2 Å². The summed E-state index contributed by atoms with van der Waals surface area (Å²) in [6.45, 7) is 0. The van der Waals surface area contributed by atoms with E-state index in [1.165, 1.54) is 33.0 Å². The molecule has 1 atom stereocenters. The van der Waals surface area contributed by atoms with Crippen molar-refractivity contribution in [3.63, 3.8) is 0 Å². The molecule has 23 heavy (non-hydrogen) atoms. The lowest BCUT2D eigenvalue weighted by molar-refractivity contribution is -0.457. The van der Waals surface area contributed by atoms with Gasteiger partial charge in [0.15, 0.2) is 17.7 Å². The highest BCUT2D eigenvalue weighted by Gasteiger charge is 2.42. The number of rotatable bonds is 5. The number of amides is 1. The molecule has 1 heterocycles. The number of benzene rings is 1. The van der Waals surface area contributed by atoms with Gasteiger partial charge >= 0.3 is 11.9 Å². The molecule has 0 N–H and O–H groups in total. The van der Waals surface area contributed by atoms with Crippen molar-refractivity contribution in [3.05, 3.63) is 17.7 Å². The van der Waals surface area contributed by atoms with E-state index < -0.39 is 12.0 Å². The van der Waals surface area contributed by atoms with Gasteiger partial charge in [-0.15, -0.1) is 0 Å². The Labute approximate surface area is 134 Å². The van der Waals surface area contributed by atoms with Crippen LogP contribution in [-0.2, 0) is 14.3 Å². The van der Waals surface area contributed by atoms with Gasteiger partial charge in [-0.1, -0.05) is 0 Å². The van der Waals surface area contributed by atoms with Crippen LogP contribution in [0.5, 0.6) is 17.2 Å². The number of carbonyl (C=O) groups is 2. The van der Waals surface area contributed by atoms with Crippen LogP contribution in [0.3, 0.4) is 0 Å². The predicted octanol–water partition coefficient (Wildman–Crippen LogP) is 1.01. The average molecular weight is 322 g/mol. The first-order valence-corrected chi connectivity index (χ1v) is 7.09. The Bertz CT molecular complexity index is 627. The molecule has 1 saturated heterocycles. The third-order valence-electron chi connectivity index (χ3n) is 3.70. The maximum absolute atomic E-state index is 12.0. The van der Waals surface area contributed by atoms with E-state index in [0.717, 1.165) is 0 Å². The molecule has 0 spiro atoms. The number of nitrogens with zero attached hydrogens (tertiary/aromatic N) is 1. The molecular weight excluding hydrogens is 302 g/mol. The molecule has 1 fully saturated rings. The lowest BCUT2D eigenvalue weighted by Gasteiger charge is -2.12. The van der Waals surface area contributed by atoms with Crippen LogP contribution >= 0.6 is 0 Å². The van der Waals surface area contributed by atoms with Gasteiger partial charge in [0, 0.05) is 12.0 Å². The van der Waals surface area contributed by atoms with Gasteiger partial charge in [-0.05, 0) is 12.1 Å². The first-order chi connectivity index (χ1) is 11.0. The Hall–Kier alpha value is -2.57. The SMILES string of the molecule is COC(=O)[C@@H]1CCC(=O)[N+]1=Cc1cc(OC)c(OC)c(OC)c1. The number of ether oxygens (including phenoxy) is 4. The molecular formula is C16H20NO6+. The second-order valence-corrected chi connectivity index (χ2v) is 4.97. The molecule has 1 aromatic carbocycles. The van der Waals surface area contributed by atoms with Crippen molar-refractivity contribution in [2.24, 2.45) is 0 Å². The molecule has 0 radical (unpaired) electrons. The van der Waals surface area contributed by atoms with E-state index in [0.29, 0.717) is 35.7 Å². The van der Waals surface area contributed by atoms with Gasteiger partial charge in [0.1, 0.15) is 0 Å². The number of carbonyl (C=O) groups excluding carboxylic acids is 2. The lowest BCUT2D eigenvalue weighted by Crippen LogP contribution is -2.32. The van der Waals surface area contributed by atoms with Gasteiger partial charge in [0.05, 0.1) is 34.9 Å². The minimum Gasteiger partial charge on any atom is -0.493 e. The summed E-state index contributed by atoms with van der Waals surface area (Å²) in [7, 11) is 5.85. The summed E-state index contributed by atoms with van der Waals surface area (Å²) in [6.07, 6.45) is 2.34. The monoisotopic (exact) mass is 322 g/mol. The summed E-state index contributed by atoms with van der Waals surface area (Å²) >= 11 is 0. The van der Waals surface area contributed by atoms with Crippen LogP contribution in [0.25, 0.3) is 0 Å². The Morgan fingerprint density at radius 2 is 1.74 bits per heavy atom. The zero-order valence-corrected chi connectivity index (χ0v) is 13.6. The van der Waals surface area contributed by atoms with Gasteiger partial charge in [-0.2, -0.15) is 4.58 Å². The van der Waals surface area contributed by atoms with E-state index in [2.05, 4.69) is 0 Å². The standard InChI is InChI=1S/C16H20NO6/c1-20-12-7-10(8-13(21-2)15(12)22-3)9-17-11(16(19)23-4)5-6-14(17)18/h7-9,11H,5-6H2,1-4H3/q+1/t11-/m0/s1. The first kappa shape index (κ1) is 16.8. The topological polar surface area (TPSA) is 74.1 Å². The Morgan fingerprint density at radius 1 is 1.13 bits per heavy atom. The Balaban J connectivity index is 2.48. The summed E-state index contributed by atoms with van der Waals surface area (Å²) in [5.41, 5.74) is 0.656. The third-order valence-corrected chi connectivity index (χ3v) is 3.70. The first-order valence-electron chi connectivity index (χ1n) is 7.09. The van der Waals surface area contributed by atoms with Crippen molar-refractivity contribution in [2.45, 2.75) is 18.9 Å². The van der Waals surface area contributed by atoms with Crippen LogP contribution in [0.4, 0.5) is 0 Å². The summed E-state index contributed by atoms with van der Waals surface area (Å²) in [5, 5.41) is 0. The average Bonchev–Trinajstić information content (AvgIpc) is 2.93. The highest BCUT2D eigenvalue weighted by Crippen LogP contribution is 2.37. The van der Waals surface area contributed by atoms with Crippen molar-refractivity contribution >= 4 is 18.1 Å². The summed E-state index contributed by atoms with van der Waals surface area (Å²) in [6, 6.07) is 2.81. The molecule has 0 bridgehead atoms. The summed E-state index contributed by atoms with van der Waals surface area (Å²) < 4.78 is 22.0. The summed E-state index contributed by atoms with van der Waals surface area (Å²) in [4.78, 5) is 23.8. The molecule has 1 aromatic rings. The quantitative estimate of drug-likeness (QED) is 0.595. The third kappa shape index (κ3) is 3.28. The van der Waals surface area contributed by atoms with Crippen LogP contribution in [0, 0.1) is 0 Å². The molecule has 0 aromatic heterocycles. The Kier molecular flexibility index (Phi) is 5.20. The summed E-state index contributed by atoms with van der Waals surface area (Å²) in [5.74, 6) is 0.844. The van der Waals surface area contributed by atoms with Gasteiger partial charge in [-0.3, -0.25) is 0 Å². The highest BCUT2D eigenvalue weighted by molar-refractivity contribution is 5.88.